The van der Waals surface area contributed by atoms with Gasteiger partial charge in [0, 0.05) is 13.6 Å². The average molecular weight is 307 g/mol. The number of nitrogens with zero attached hydrogens (tertiary/aromatic N) is 2. The lowest BCUT2D eigenvalue weighted by Gasteiger charge is -2.19. The van der Waals surface area contributed by atoms with Gasteiger partial charge in [0.05, 0.1) is 15.0 Å². The van der Waals surface area contributed by atoms with Crippen molar-refractivity contribution in [3.8, 4) is 6.07 Å². The van der Waals surface area contributed by atoms with Crippen molar-refractivity contribution in [2.45, 2.75) is 6.54 Å². The Morgan fingerprint density at radius 3 is 2.82 bits per heavy atom. The maximum absolute atomic E-state index is 9.06. The van der Waals surface area contributed by atoms with Crippen LogP contribution in [0.5, 0.6) is 0 Å². The fraction of sp³-hybridized carbons (Fsp3) is 0.154. The summed E-state index contributed by atoms with van der Waals surface area (Å²) in [5, 5.41) is 11.2. The SMILES string of the molecule is CN(Cc1csc(Br)c1)c1ccccc1C#N. The molecule has 0 aliphatic rings. The molecule has 0 N–H and O–H groups in total. The number of benzene rings is 1. The summed E-state index contributed by atoms with van der Waals surface area (Å²) in [5.74, 6) is 0. The molecular formula is C13H11BrN2S. The minimum atomic E-state index is 0.712. The number of thiophene rings is 1. The largest absolute Gasteiger partial charge is 0.369 e. The van der Waals surface area contributed by atoms with Gasteiger partial charge in [-0.15, -0.1) is 11.3 Å². The third-order valence-electron chi connectivity index (χ3n) is 2.48. The zero-order valence-electron chi connectivity index (χ0n) is 9.35. The van der Waals surface area contributed by atoms with Crippen LogP contribution < -0.4 is 4.90 Å². The average Bonchev–Trinajstić information content (AvgIpc) is 2.74. The third kappa shape index (κ3) is 2.87. The summed E-state index contributed by atoms with van der Waals surface area (Å²) < 4.78 is 1.13. The van der Waals surface area contributed by atoms with Crippen LogP contribution in [0.3, 0.4) is 0 Å². The lowest BCUT2D eigenvalue weighted by atomic mass is 10.1. The standard InChI is InChI=1S/C13H11BrN2S/c1-16(8-10-6-13(14)17-9-10)12-5-3-2-4-11(12)7-15/h2-6,9H,8H2,1H3. The van der Waals surface area contributed by atoms with Crippen LogP contribution >= 0.6 is 27.3 Å². The molecule has 1 heterocycles. The second-order valence-electron chi connectivity index (χ2n) is 3.74. The number of hydrogen-bond donors (Lipinski definition) is 0. The maximum Gasteiger partial charge on any atom is 0.101 e. The van der Waals surface area contributed by atoms with E-state index >= 15 is 0 Å². The Morgan fingerprint density at radius 2 is 2.18 bits per heavy atom. The lowest BCUT2D eigenvalue weighted by molar-refractivity contribution is 0.925. The van der Waals surface area contributed by atoms with Crippen LogP contribution in [-0.2, 0) is 6.54 Å². The minimum Gasteiger partial charge on any atom is -0.369 e. The third-order valence-corrected chi connectivity index (χ3v) is 4.03. The van der Waals surface area contributed by atoms with Crippen LogP contribution in [0.2, 0.25) is 0 Å². The molecular weight excluding hydrogens is 296 g/mol. The number of hydrogen-bond acceptors (Lipinski definition) is 3. The van der Waals surface area contributed by atoms with E-state index in [-0.39, 0.29) is 0 Å². The molecule has 17 heavy (non-hydrogen) atoms. The predicted octanol–water partition coefficient (Wildman–Crippen LogP) is 4.02. The summed E-state index contributed by atoms with van der Waals surface area (Å²) in [4.78, 5) is 2.09. The molecule has 0 unspecified atom stereocenters. The molecule has 1 aromatic heterocycles. The van der Waals surface area contributed by atoms with Gasteiger partial charge in [0.2, 0.25) is 0 Å². The molecule has 86 valence electrons. The van der Waals surface area contributed by atoms with Gasteiger partial charge in [-0.05, 0) is 45.1 Å². The molecule has 0 saturated heterocycles. The molecule has 0 spiro atoms. The molecule has 0 amide bonds. The summed E-state index contributed by atoms with van der Waals surface area (Å²) in [6, 6.07) is 12.0. The molecule has 0 aliphatic carbocycles. The smallest absolute Gasteiger partial charge is 0.101 e. The van der Waals surface area contributed by atoms with Gasteiger partial charge in [-0.3, -0.25) is 0 Å². The first kappa shape index (κ1) is 12.2. The first-order valence-corrected chi connectivity index (χ1v) is 6.81. The van der Waals surface area contributed by atoms with Crippen LogP contribution in [0.4, 0.5) is 5.69 Å². The summed E-state index contributed by atoms with van der Waals surface area (Å²) in [6.45, 7) is 0.806. The molecule has 4 heteroatoms. The fourth-order valence-electron chi connectivity index (χ4n) is 1.69. The van der Waals surface area contributed by atoms with E-state index in [0.717, 1.165) is 16.0 Å². The van der Waals surface area contributed by atoms with E-state index in [1.807, 2.05) is 31.3 Å². The van der Waals surface area contributed by atoms with E-state index < -0.39 is 0 Å². The Labute approximate surface area is 113 Å². The van der Waals surface area contributed by atoms with E-state index in [4.69, 9.17) is 5.26 Å². The van der Waals surface area contributed by atoms with Crippen molar-refractivity contribution >= 4 is 33.0 Å². The fourth-order valence-corrected chi connectivity index (χ4v) is 2.89. The molecule has 0 atom stereocenters. The number of halogens is 1. The predicted molar refractivity (Wildman–Crippen MR) is 75.3 cm³/mol. The van der Waals surface area contributed by atoms with Crippen LogP contribution in [0, 0.1) is 11.3 Å². The topological polar surface area (TPSA) is 27.0 Å². The maximum atomic E-state index is 9.06. The van der Waals surface area contributed by atoms with Gasteiger partial charge in [-0.25, -0.2) is 0 Å². The highest BCUT2D eigenvalue weighted by Gasteiger charge is 2.07. The monoisotopic (exact) mass is 306 g/mol. The number of rotatable bonds is 3. The Balaban J connectivity index is 2.20. The summed E-state index contributed by atoms with van der Waals surface area (Å²) in [6.07, 6.45) is 0. The molecule has 0 saturated carbocycles. The minimum absolute atomic E-state index is 0.712. The lowest BCUT2D eigenvalue weighted by Crippen LogP contribution is -2.16. The van der Waals surface area contributed by atoms with Crippen molar-refractivity contribution < 1.29 is 0 Å². The Hall–Kier alpha value is -1.31. The Morgan fingerprint density at radius 1 is 1.41 bits per heavy atom. The van der Waals surface area contributed by atoms with Gasteiger partial charge in [-0.2, -0.15) is 5.26 Å². The Bertz CT molecular complexity index is 557. The normalized spacial score (nSPS) is 9.94. The van der Waals surface area contributed by atoms with Gasteiger partial charge in [-0.1, -0.05) is 12.1 Å². The van der Waals surface area contributed by atoms with Crippen molar-refractivity contribution in [1.82, 2.24) is 0 Å². The highest BCUT2D eigenvalue weighted by Crippen LogP contribution is 2.24. The molecule has 0 aliphatic heterocycles. The first-order valence-electron chi connectivity index (χ1n) is 5.14. The van der Waals surface area contributed by atoms with E-state index in [1.54, 1.807) is 11.3 Å². The molecule has 0 bridgehead atoms. The molecule has 2 rings (SSSR count). The molecule has 0 radical (unpaired) electrons. The zero-order chi connectivity index (χ0) is 12.3. The number of para-hydroxylation sites is 1. The highest BCUT2D eigenvalue weighted by atomic mass is 79.9. The summed E-state index contributed by atoms with van der Waals surface area (Å²) >= 11 is 5.13. The van der Waals surface area contributed by atoms with Gasteiger partial charge in [0.25, 0.3) is 0 Å². The highest BCUT2D eigenvalue weighted by molar-refractivity contribution is 9.11. The van der Waals surface area contributed by atoms with E-state index in [2.05, 4.69) is 38.3 Å². The summed E-state index contributed by atoms with van der Waals surface area (Å²) in [5.41, 5.74) is 2.93. The van der Waals surface area contributed by atoms with Gasteiger partial charge >= 0.3 is 0 Å². The number of anilines is 1. The van der Waals surface area contributed by atoms with E-state index in [1.165, 1.54) is 5.56 Å². The molecule has 0 fully saturated rings. The first-order chi connectivity index (χ1) is 8.20. The molecule has 2 aromatic rings. The van der Waals surface area contributed by atoms with Crippen LogP contribution in [0.25, 0.3) is 0 Å². The van der Waals surface area contributed by atoms with Gasteiger partial charge in [0.15, 0.2) is 0 Å². The quantitative estimate of drug-likeness (QED) is 0.856. The molecule has 1 aromatic carbocycles. The van der Waals surface area contributed by atoms with Crippen molar-refractivity contribution in [2.24, 2.45) is 0 Å². The van der Waals surface area contributed by atoms with Crippen LogP contribution in [0.1, 0.15) is 11.1 Å². The van der Waals surface area contributed by atoms with Crippen molar-refractivity contribution in [3.63, 3.8) is 0 Å². The second-order valence-corrected chi connectivity index (χ2v) is 6.03. The van der Waals surface area contributed by atoms with Crippen molar-refractivity contribution in [2.75, 3.05) is 11.9 Å². The zero-order valence-corrected chi connectivity index (χ0v) is 11.8. The van der Waals surface area contributed by atoms with Gasteiger partial charge < -0.3 is 4.90 Å². The van der Waals surface area contributed by atoms with E-state index in [9.17, 15) is 0 Å². The molecule has 2 nitrogen and oxygen atoms in total. The Kier molecular flexibility index (Phi) is 3.82. The number of nitriles is 1. The van der Waals surface area contributed by atoms with Crippen LogP contribution in [0.15, 0.2) is 39.5 Å². The van der Waals surface area contributed by atoms with Crippen molar-refractivity contribution in [3.05, 3.63) is 50.6 Å². The van der Waals surface area contributed by atoms with Gasteiger partial charge in [0.1, 0.15) is 6.07 Å². The summed E-state index contributed by atoms with van der Waals surface area (Å²) in [7, 11) is 2.00. The second kappa shape index (κ2) is 5.35. The van der Waals surface area contributed by atoms with Crippen molar-refractivity contribution in [1.29, 1.82) is 5.26 Å². The van der Waals surface area contributed by atoms with E-state index in [0.29, 0.717) is 5.56 Å². The van der Waals surface area contributed by atoms with Crippen LogP contribution in [-0.4, -0.2) is 7.05 Å².